The van der Waals surface area contributed by atoms with Gasteiger partial charge in [-0.2, -0.15) is 0 Å². The molecule has 7 heteroatoms. The van der Waals surface area contributed by atoms with E-state index in [1.165, 1.54) is 70.6 Å². The van der Waals surface area contributed by atoms with E-state index in [4.69, 9.17) is 4.52 Å². The number of aliphatic hydroxyl groups is 1. The van der Waals surface area contributed by atoms with E-state index in [1.54, 1.807) is 13.8 Å². The van der Waals surface area contributed by atoms with Gasteiger partial charge in [0.15, 0.2) is 0 Å². The summed E-state index contributed by atoms with van der Waals surface area (Å²) in [6, 6.07) is 0. The second-order valence-corrected chi connectivity index (χ2v) is 12.3. The largest absolute Gasteiger partial charge is 0.396 e. The van der Waals surface area contributed by atoms with Crippen molar-refractivity contribution in [2.24, 2.45) is 5.92 Å². The second-order valence-electron chi connectivity index (χ2n) is 9.84. The molecule has 0 aliphatic heterocycles. The fraction of sp³-hybridized carbons (Fsp3) is 0.962. The van der Waals surface area contributed by atoms with Crippen molar-refractivity contribution in [2.45, 2.75) is 136 Å². The van der Waals surface area contributed by atoms with E-state index in [-0.39, 0.29) is 25.0 Å². The second kappa shape index (κ2) is 22.1. The van der Waals surface area contributed by atoms with Crippen LogP contribution >= 0.6 is 7.60 Å². The molecule has 6 nitrogen and oxygen atoms in total. The van der Waals surface area contributed by atoms with Crippen LogP contribution in [0.4, 0.5) is 0 Å². The number of unbranched alkanes of at least 4 members (excludes halogenated alkanes) is 13. The third-order valence-corrected chi connectivity index (χ3v) is 8.10. The quantitative estimate of drug-likeness (QED) is 0.100. The highest BCUT2D eigenvalue weighted by atomic mass is 31.2. The Morgan fingerprint density at radius 2 is 1.36 bits per heavy atom. The molecule has 0 aliphatic rings. The number of amides is 1. The normalized spacial score (nSPS) is 14.4. The molecule has 33 heavy (non-hydrogen) atoms. The van der Waals surface area contributed by atoms with Gasteiger partial charge in [0.25, 0.3) is 0 Å². The average molecular weight is 492 g/mol. The molecule has 0 spiro atoms. The van der Waals surface area contributed by atoms with E-state index in [0.717, 1.165) is 25.7 Å². The first-order valence-electron chi connectivity index (χ1n) is 13.7. The SMILES string of the molecule is CCCCCCCCCCCCCCCC(=O)NCCCCC(CO)COP(=O)(O)C(C)C. The summed E-state index contributed by atoms with van der Waals surface area (Å²) < 4.78 is 17.0. The molecule has 0 rings (SSSR count). The molecule has 0 aliphatic carbocycles. The molecule has 2 unspecified atom stereocenters. The Kier molecular flexibility index (Phi) is 21.8. The highest BCUT2D eigenvalue weighted by molar-refractivity contribution is 7.53. The van der Waals surface area contributed by atoms with Crippen LogP contribution in [-0.4, -0.2) is 41.3 Å². The minimum Gasteiger partial charge on any atom is -0.396 e. The Labute approximate surface area is 204 Å². The summed E-state index contributed by atoms with van der Waals surface area (Å²) in [5.41, 5.74) is -0.443. The lowest BCUT2D eigenvalue weighted by Crippen LogP contribution is -2.24. The number of rotatable bonds is 24. The number of carbonyl (C=O) groups is 1. The van der Waals surface area contributed by atoms with Crippen LogP contribution in [0.3, 0.4) is 0 Å². The van der Waals surface area contributed by atoms with E-state index in [9.17, 15) is 19.4 Å². The first-order chi connectivity index (χ1) is 15.8. The Morgan fingerprint density at radius 3 is 1.85 bits per heavy atom. The minimum atomic E-state index is -3.59. The first-order valence-corrected chi connectivity index (χ1v) is 15.3. The number of hydrogen-bond acceptors (Lipinski definition) is 4. The number of aliphatic hydroxyl groups excluding tert-OH is 1. The van der Waals surface area contributed by atoms with Crippen LogP contribution in [0.1, 0.15) is 130 Å². The van der Waals surface area contributed by atoms with Crippen LogP contribution in [0.5, 0.6) is 0 Å². The fourth-order valence-corrected chi connectivity index (χ4v) is 4.49. The van der Waals surface area contributed by atoms with Gasteiger partial charge >= 0.3 is 7.60 Å². The molecular weight excluding hydrogens is 437 g/mol. The summed E-state index contributed by atoms with van der Waals surface area (Å²) in [7, 11) is -3.59. The monoisotopic (exact) mass is 491 g/mol. The van der Waals surface area contributed by atoms with E-state index in [1.807, 2.05) is 0 Å². The lowest BCUT2D eigenvalue weighted by Gasteiger charge is -2.19. The van der Waals surface area contributed by atoms with Crippen molar-refractivity contribution < 1.29 is 23.9 Å². The van der Waals surface area contributed by atoms with E-state index in [0.29, 0.717) is 19.4 Å². The van der Waals surface area contributed by atoms with Gasteiger partial charge in [-0.3, -0.25) is 9.36 Å². The summed E-state index contributed by atoms with van der Waals surface area (Å²) in [5.74, 6) is -0.0241. The summed E-state index contributed by atoms with van der Waals surface area (Å²) in [6.07, 6.45) is 20.0. The van der Waals surface area contributed by atoms with Crippen molar-refractivity contribution in [3.05, 3.63) is 0 Å². The van der Waals surface area contributed by atoms with Gasteiger partial charge in [-0.1, -0.05) is 104 Å². The smallest absolute Gasteiger partial charge is 0.330 e. The molecular formula is C26H54NO5P. The lowest BCUT2D eigenvalue weighted by molar-refractivity contribution is -0.121. The van der Waals surface area contributed by atoms with Gasteiger partial charge < -0.3 is 19.8 Å². The van der Waals surface area contributed by atoms with Crippen LogP contribution in [0, 0.1) is 5.92 Å². The molecule has 0 radical (unpaired) electrons. The zero-order chi connectivity index (χ0) is 24.8. The lowest BCUT2D eigenvalue weighted by atomic mass is 10.0. The van der Waals surface area contributed by atoms with Crippen LogP contribution in [0.2, 0.25) is 0 Å². The minimum absolute atomic E-state index is 0.0660. The molecule has 0 aromatic heterocycles. The maximum Gasteiger partial charge on any atom is 0.330 e. The Bertz CT molecular complexity index is 501. The molecule has 0 saturated carbocycles. The highest BCUT2D eigenvalue weighted by Gasteiger charge is 2.25. The van der Waals surface area contributed by atoms with Crippen molar-refractivity contribution >= 4 is 13.5 Å². The van der Waals surface area contributed by atoms with Gasteiger partial charge in [0.05, 0.1) is 12.3 Å². The molecule has 198 valence electrons. The maximum atomic E-state index is 11.9. The Balaban J connectivity index is 3.49. The van der Waals surface area contributed by atoms with Crippen LogP contribution < -0.4 is 5.32 Å². The molecule has 0 aromatic rings. The summed E-state index contributed by atoms with van der Waals surface area (Å²) in [6.45, 7) is 6.22. The van der Waals surface area contributed by atoms with E-state index in [2.05, 4.69) is 12.2 Å². The van der Waals surface area contributed by atoms with Crippen molar-refractivity contribution in [2.75, 3.05) is 19.8 Å². The van der Waals surface area contributed by atoms with Crippen LogP contribution in [0.15, 0.2) is 0 Å². The molecule has 0 fully saturated rings. The van der Waals surface area contributed by atoms with Gasteiger partial charge in [-0.05, 0) is 19.3 Å². The Hall–Kier alpha value is -0.420. The standard InChI is InChI=1S/C26H54NO5P/c1-4-5-6-7-8-9-10-11-12-13-14-15-16-20-26(29)27-21-18-17-19-25(22-28)23-32-33(30,31)24(2)3/h24-25,28H,4-23H2,1-3H3,(H,27,29)(H,30,31). The van der Waals surface area contributed by atoms with Crippen molar-refractivity contribution in [1.29, 1.82) is 0 Å². The van der Waals surface area contributed by atoms with E-state index >= 15 is 0 Å². The molecule has 0 aromatic carbocycles. The van der Waals surface area contributed by atoms with Gasteiger partial charge in [0.2, 0.25) is 5.91 Å². The summed E-state index contributed by atoms with van der Waals surface area (Å²) >= 11 is 0. The predicted octanol–water partition coefficient (Wildman–Crippen LogP) is 6.97. The number of hydrogen-bond donors (Lipinski definition) is 3. The molecule has 0 bridgehead atoms. The van der Waals surface area contributed by atoms with Crippen LogP contribution in [-0.2, 0) is 13.9 Å². The maximum absolute atomic E-state index is 11.9. The number of nitrogens with one attached hydrogen (secondary N) is 1. The number of carbonyl (C=O) groups excluding carboxylic acids is 1. The average Bonchev–Trinajstić information content (AvgIpc) is 2.78. The van der Waals surface area contributed by atoms with Crippen LogP contribution in [0.25, 0.3) is 0 Å². The molecule has 0 heterocycles. The van der Waals surface area contributed by atoms with Crippen molar-refractivity contribution in [3.8, 4) is 0 Å². The van der Waals surface area contributed by atoms with Gasteiger partial charge in [-0.25, -0.2) is 0 Å². The summed E-state index contributed by atoms with van der Waals surface area (Å²) in [5, 5.41) is 12.4. The molecule has 1 amide bonds. The summed E-state index contributed by atoms with van der Waals surface area (Å²) in [4.78, 5) is 21.6. The van der Waals surface area contributed by atoms with Crippen molar-refractivity contribution in [3.63, 3.8) is 0 Å². The molecule has 3 N–H and O–H groups in total. The van der Waals surface area contributed by atoms with Gasteiger partial charge in [0, 0.05) is 25.5 Å². The topological polar surface area (TPSA) is 95.9 Å². The Morgan fingerprint density at radius 1 is 0.848 bits per heavy atom. The van der Waals surface area contributed by atoms with E-state index < -0.39 is 13.3 Å². The fourth-order valence-electron chi connectivity index (χ4n) is 3.77. The predicted molar refractivity (Wildman–Crippen MR) is 139 cm³/mol. The molecule has 2 atom stereocenters. The zero-order valence-corrected chi connectivity index (χ0v) is 22.8. The van der Waals surface area contributed by atoms with Gasteiger partial charge in [-0.15, -0.1) is 0 Å². The van der Waals surface area contributed by atoms with Gasteiger partial charge in [0.1, 0.15) is 0 Å². The highest BCUT2D eigenvalue weighted by Crippen LogP contribution is 2.47. The third kappa shape index (κ3) is 20.7. The third-order valence-electron chi connectivity index (χ3n) is 6.27. The zero-order valence-electron chi connectivity index (χ0n) is 21.9. The first kappa shape index (κ1) is 32.6. The molecule has 0 saturated heterocycles. The van der Waals surface area contributed by atoms with Crippen molar-refractivity contribution in [1.82, 2.24) is 5.32 Å².